The zero-order valence-corrected chi connectivity index (χ0v) is 9.41. The fourth-order valence-corrected chi connectivity index (χ4v) is 2.30. The van der Waals surface area contributed by atoms with Gasteiger partial charge in [-0.25, -0.2) is 4.98 Å². The van der Waals surface area contributed by atoms with Gasteiger partial charge in [0.15, 0.2) is 0 Å². The van der Waals surface area contributed by atoms with E-state index < -0.39 is 0 Å². The number of nitrogens with one attached hydrogen (secondary N) is 1. The van der Waals surface area contributed by atoms with Gasteiger partial charge < -0.3 is 9.88 Å². The van der Waals surface area contributed by atoms with Gasteiger partial charge in [-0.15, -0.1) is 0 Å². The molecule has 0 amide bonds. The number of hydrogen-bond acceptors (Lipinski definition) is 3. The van der Waals surface area contributed by atoms with Crippen molar-refractivity contribution >= 4 is 5.82 Å². The lowest BCUT2D eigenvalue weighted by molar-refractivity contribution is 0.571. The van der Waals surface area contributed by atoms with E-state index in [1.54, 1.807) is 6.07 Å². The third kappa shape index (κ3) is 1.96. The van der Waals surface area contributed by atoms with Crippen LogP contribution in [0, 0.1) is 0 Å². The molecule has 1 aliphatic heterocycles. The number of nitrogens with zero attached hydrogens (tertiary/aromatic N) is 2. The van der Waals surface area contributed by atoms with E-state index in [0.717, 1.165) is 24.7 Å². The monoisotopic (exact) mass is 219 g/mol. The van der Waals surface area contributed by atoms with Gasteiger partial charge in [-0.2, -0.15) is 0 Å². The highest BCUT2D eigenvalue weighted by Crippen LogP contribution is 2.38. The molecule has 1 saturated carbocycles. The van der Waals surface area contributed by atoms with Crippen LogP contribution in [-0.2, 0) is 0 Å². The Morgan fingerprint density at radius 1 is 1.25 bits per heavy atom. The number of anilines is 1. The van der Waals surface area contributed by atoms with Crippen LogP contribution in [0.5, 0.6) is 0 Å². The first kappa shape index (κ1) is 9.87. The summed E-state index contributed by atoms with van der Waals surface area (Å²) in [5.41, 5.74) is -0.00234. The molecule has 2 heterocycles. The Kier molecular flexibility index (Phi) is 2.42. The van der Waals surface area contributed by atoms with Crippen molar-refractivity contribution in [2.24, 2.45) is 0 Å². The van der Waals surface area contributed by atoms with Gasteiger partial charge in [0, 0.05) is 25.1 Å². The molecule has 0 atom stereocenters. The molecule has 4 nitrogen and oxygen atoms in total. The molecule has 1 aromatic heterocycles. The molecule has 3 rings (SSSR count). The van der Waals surface area contributed by atoms with Crippen molar-refractivity contribution in [3.63, 3.8) is 0 Å². The molecule has 0 unspecified atom stereocenters. The van der Waals surface area contributed by atoms with E-state index in [4.69, 9.17) is 0 Å². The second-order valence-electron chi connectivity index (χ2n) is 4.81. The number of rotatable bonds is 2. The Balaban J connectivity index is 1.89. The maximum absolute atomic E-state index is 11.6. The minimum atomic E-state index is -0.00234. The second kappa shape index (κ2) is 3.92. The van der Waals surface area contributed by atoms with E-state index in [2.05, 4.69) is 14.9 Å². The highest BCUT2D eigenvalue weighted by Gasteiger charge is 2.27. The molecule has 86 valence electrons. The second-order valence-corrected chi connectivity index (χ2v) is 4.81. The molecule has 0 aromatic carbocycles. The molecule has 16 heavy (non-hydrogen) atoms. The average molecular weight is 219 g/mol. The topological polar surface area (TPSA) is 49.0 Å². The fraction of sp³-hybridized carbons (Fsp3) is 0.667. The van der Waals surface area contributed by atoms with Crippen LogP contribution < -0.4 is 10.5 Å². The summed E-state index contributed by atoms with van der Waals surface area (Å²) in [6, 6.07) is 1.64. The van der Waals surface area contributed by atoms with Crippen LogP contribution in [0.15, 0.2) is 10.9 Å². The number of hydrogen-bond donors (Lipinski definition) is 1. The van der Waals surface area contributed by atoms with Gasteiger partial charge in [0.2, 0.25) is 0 Å². The Morgan fingerprint density at radius 2 is 2.00 bits per heavy atom. The molecule has 4 heteroatoms. The van der Waals surface area contributed by atoms with E-state index >= 15 is 0 Å². The minimum absolute atomic E-state index is 0.00234. The van der Waals surface area contributed by atoms with Crippen molar-refractivity contribution in [2.45, 2.75) is 38.0 Å². The maximum atomic E-state index is 11.6. The van der Waals surface area contributed by atoms with Gasteiger partial charge in [0.1, 0.15) is 11.6 Å². The summed E-state index contributed by atoms with van der Waals surface area (Å²) in [6.45, 7) is 2.08. The fourth-order valence-electron chi connectivity index (χ4n) is 2.30. The quantitative estimate of drug-likeness (QED) is 0.822. The van der Waals surface area contributed by atoms with Crippen LogP contribution in [0.3, 0.4) is 0 Å². The minimum Gasteiger partial charge on any atom is -0.356 e. The lowest BCUT2D eigenvalue weighted by atomic mass is 10.1. The van der Waals surface area contributed by atoms with Crippen LogP contribution in [0.25, 0.3) is 0 Å². The first-order valence-electron chi connectivity index (χ1n) is 6.19. The number of aromatic amines is 1. The molecular weight excluding hydrogens is 202 g/mol. The van der Waals surface area contributed by atoms with Crippen LogP contribution in [0.4, 0.5) is 5.82 Å². The van der Waals surface area contributed by atoms with Crippen molar-refractivity contribution in [1.29, 1.82) is 0 Å². The van der Waals surface area contributed by atoms with E-state index in [9.17, 15) is 4.79 Å². The molecule has 0 radical (unpaired) electrons. The van der Waals surface area contributed by atoms with Crippen molar-refractivity contribution in [1.82, 2.24) is 9.97 Å². The predicted molar refractivity (Wildman–Crippen MR) is 62.9 cm³/mol. The first-order valence-corrected chi connectivity index (χ1v) is 6.19. The van der Waals surface area contributed by atoms with Crippen LogP contribution in [-0.4, -0.2) is 23.1 Å². The molecule has 1 N–H and O–H groups in total. The summed E-state index contributed by atoms with van der Waals surface area (Å²) >= 11 is 0. The van der Waals surface area contributed by atoms with E-state index in [0.29, 0.717) is 5.92 Å². The highest BCUT2D eigenvalue weighted by atomic mass is 16.1. The average Bonchev–Trinajstić information content (AvgIpc) is 3.13. The molecule has 1 saturated heterocycles. The Morgan fingerprint density at radius 3 is 2.69 bits per heavy atom. The number of aromatic nitrogens is 2. The molecule has 1 aromatic rings. The van der Waals surface area contributed by atoms with Gasteiger partial charge in [-0.05, 0) is 32.1 Å². The third-order valence-corrected chi connectivity index (χ3v) is 3.39. The molecule has 1 aliphatic carbocycles. The third-order valence-electron chi connectivity index (χ3n) is 3.39. The standard InChI is InChI=1S/C12H17N3O/c16-11-8-10(15-6-2-1-3-7-15)13-12(14-11)9-4-5-9/h8-9H,1-7H2,(H,13,14,16). The lowest BCUT2D eigenvalue weighted by Gasteiger charge is -2.27. The zero-order chi connectivity index (χ0) is 11.0. The van der Waals surface area contributed by atoms with Gasteiger partial charge in [-0.1, -0.05) is 0 Å². The molecule has 2 fully saturated rings. The Hall–Kier alpha value is -1.32. The van der Waals surface area contributed by atoms with E-state index in [-0.39, 0.29) is 5.56 Å². The summed E-state index contributed by atoms with van der Waals surface area (Å²) < 4.78 is 0. The zero-order valence-electron chi connectivity index (χ0n) is 9.41. The SMILES string of the molecule is O=c1cc(N2CCCCC2)nc(C2CC2)[nH]1. The maximum Gasteiger partial charge on any atom is 0.252 e. The van der Waals surface area contributed by atoms with E-state index in [1.807, 2.05) is 0 Å². The van der Waals surface area contributed by atoms with E-state index in [1.165, 1.54) is 32.1 Å². The number of H-pyrrole nitrogens is 1. The molecule has 0 spiro atoms. The van der Waals surface area contributed by atoms with Gasteiger partial charge in [0.05, 0.1) is 0 Å². The predicted octanol–water partition coefficient (Wildman–Crippen LogP) is 1.64. The summed E-state index contributed by atoms with van der Waals surface area (Å²) in [7, 11) is 0. The lowest BCUT2D eigenvalue weighted by Crippen LogP contribution is -2.31. The largest absolute Gasteiger partial charge is 0.356 e. The van der Waals surface area contributed by atoms with Crippen molar-refractivity contribution in [3.8, 4) is 0 Å². The molecule has 0 bridgehead atoms. The van der Waals surface area contributed by atoms with Crippen LogP contribution in [0.2, 0.25) is 0 Å². The highest BCUT2D eigenvalue weighted by molar-refractivity contribution is 5.38. The van der Waals surface area contributed by atoms with Gasteiger partial charge >= 0.3 is 0 Å². The van der Waals surface area contributed by atoms with Gasteiger partial charge in [-0.3, -0.25) is 4.79 Å². The summed E-state index contributed by atoms with van der Waals surface area (Å²) in [6.07, 6.45) is 6.08. The van der Waals surface area contributed by atoms with Crippen molar-refractivity contribution in [2.75, 3.05) is 18.0 Å². The smallest absolute Gasteiger partial charge is 0.252 e. The summed E-state index contributed by atoms with van der Waals surface area (Å²) in [4.78, 5) is 21.2. The Bertz CT molecular complexity index is 430. The van der Waals surface area contributed by atoms with Crippen LogP contribution >= 0.6 is 0 Å². The Labute approximate surface area is 94.7 Å². The summed E-state index contributed by atoms with van der Waals surface area (Å²) in [5.74, 6) is 2.29. The summed E-state index contributed by atoms with van der Waals surface area (Å²) in [5, 5.41) is 0. The van der Waals surface area contributed by atoms with Gasteiger partial charge in [0.25, 0.3) is 5.56 Å². The van der Waals surface area contributed by atoms with Crippen molar-refractivity contribution in [3.05, 3.63) is 22.2 Å². The number of piperidine rings is 1. The van der Waals surface area contributed by atoms with Crippen LogP contribution in [0.1, 0.15) is 43.8 Å². The molecule has 2 aliphatic rings. The normalized spacial score (nSPS) is 21.1. The molecular formula is C12H17N3O. The van der Waals surface area contributed by atoms with Crippen molar-refractivity contribution < 1.29 is 0 Å². The first-order chi connectivity index (χ1) is 7.83.